The highest BCUT2D eigenvalue weighted by atomic mass is 35.5. The van der Waals surface area contributed by atoms with Gasteiger partial charge < -0.3 is 10.1 Å². The van der Waals surface area contributed by atoms with Crippen molar-refractivity contribution < 1.29 is 4.74 Å². The molecule has 4 rings (SSSR count). The van der Waals surface area contributed by atoms with E-state index in [-0.39, 0.29) is 0 Å². The third-order valence-corrected chi connectivity index (χ3v) is 4.88. The first-order valence-corrected chi connectivity index (χ1v) is 8.91. The molecule has 0 saturated carbocycles. The second kappa shape index (κ2) is 6.70. The van der Waals surface area contributed by atoms with Crippen molar-refractivity contribution in [3.05, 3.63) is 75.4 Å². The molecule has 0 saturated heterocycles. The molecule has 1 aliphatic rings. The van der Waals surface area contributed by atoms with Crippen LogP contribution in [0.5, 0.6) is 5.75 Å². The molecule has 1 N–H and O–H groups in total. The van der Waals surface area contributed by atoms with Crippen molar-refractivity contribution in [1.29, 1.82) is 0 Å². The van der Waals surface area contributed by atoms with Crippen LogP contribution in [0.1, 0.15) is 10.4 Å². The molecular formula is C19H14ClN3OS. The largest absolute Gasteiger partial charge is 0.497 e. The standard InChI is InChI=1S/C19H14ClN3OS/c1-24-14-8-9-15-16(11-14)22-18(12-4-6-13(20)7-5-12)23-19(21-15)17-3-2-10-25-17/h2-11H,1H3,(H,21,22,23). The lowest BCUT2D eigenvalue weighted by Gasteiger charge is -2.11. The number of halogens is 1. The summed E-state index contributed by atoms with van der Waals surface area (Å²) in [6.45, 7) is 0. The number of rotatable bonds is 3. The number of ether oxygens (including phenoxy) is 1. The van der Waals surface area contributed by atoms with Gasteiger partial charge in [0.1, 0.15) is 11.6 Å². The minimum absolute atomic E-state index is 0.677. The number of thiophene rings is 1. The first-order chi connectivity index (χ1) is 12.2. The number of nitrogens with one attached hydrogen (secondary N) is 1. The van der Waals surface area contributed by atoms with Crippen LogP contribution in [0.25, 0.3) is 0 Å². The van der Waals surface area contributed by atoms with Crippen LogP contribution in [0.15, 0.2) is 70.0 Å². The normalized spacial score (nSPS) is 13.2. The van der Waals surface area contributed by atoms with E-state index >= 15 is 0 Å². The maximum Gasteiger partial charge on any atom is 0.172 e. The van der Waals surface area contributed by atoms with Crippen LogP contribution >= 0.6 is 22.9 Å². The predicted octanol–water partition coefficient (Wildman–Crippen LogP) is 5.36. The number of benzene rings is 2. The highest BCUT2D eigenvalue weighted by Crippen LogP contribution is 2.33. The number of aliphatic imine (C=N–C) groups is 2. The molecule has 0 bridgehead atoms. The van der Waals surface area contributed by atoms with E-state index in [1.54, 1.807) is 18.4 Å². The van der Waals surface area contributed by atoms with Gasteiger partial charge in [-0.25, -0.2) is 9.98 Å². The van der Waals surface area contributed by atoms with Crippen molar-refractivity contribution in [3.8, 4) is 5.75 Å². The van der Waals surface area contributed by atoms with Crippen molar-refractivity contribution in [3.63, 3.8) is 0 Å². The Morgan fingerprint density at radius 2 is 1.88 bits per heavy atom. The molecule has 1 aliphatic heterocycles. The zero-order valence-corrected chi connectivity index (χ0v) is 14.9. The molecule has 0 atom stereocenters. The predicted molar refractivity (Wildman–Crippen MR) is 105 cm³/mol. The summed E-state index contributed by atoms with van der Waals surface area (Å²) < 4.78 is 5.33. The molecule has 6 heteroatoms. The minimum atomic E-state index is 0.677. The van der Waals surface area contributed by atoms with Crippen molar-refractivity contribution in [2.45, 2.75) is 0 Å². The van der Waals surface area contributed by atoms with E-state index in [9.17, 15) is 0 Å². The summed E-state index contributed by atoms with van der Waals surface area (Å²) in [6, 6.07) is 17.3. The summed E-state index contributed by atoms with van der Waals surface area (Å²) in [7, 11) is 1.65. The molecule has 0 spiro atoms. The number of fused-ring (bicyclic) bond motifs is 1. The molecular weight excluding hydrogens is 354 g/mol. The van der Waals surface area contributed by atoms with Gasteiger partial charge in [0.2, 0.25) is 0 Å². The maximum absolute atomic E-state index is 6.01. The van der Waals surface area contributed by atoms with E-state index in [0.717, 1.165) is 33.4 Å². The smallest absolute Gasteiger partial charge is 0.172 e. The summed E-state index contributed by atoms with van der Waals surface area (Å²) in [5, 5.41) is 6.08. The molecule has 1 aromatic heterocycles. The fraction of sp³-hybridized carbons (Fsp3) is 0.0526. The van der Waals surface area contributed by atoms with E-state index in [2.05, 4.69) is 5.32 Å². The monoisotopic (exact) mass is 367 g/mol. The van der Waals surface area contributed by atoms with Crippen LogP contribution in [0.2, 0.25) is 5.02 Å². The van der Waals surface area contributed by atoms with E-state index in [0.29, 0.717) is 10.9 Å². The zero-order chi connectivity index (χ0) is 17.2. The number of anilines is 1. The molecule has 25 heavy (non-hydrogen) atoms. The number of amidine groups is 2. The lowest BCUT2D eigenvalue weighted by Crippen LogP contribution is -2.14. The summed E-state index contributed by atoms with van der Waals surface area (Å²) in [4.78, 5) is 10.5. The van der Waals surface area contributed by atoms with Gasteiger partial charge in [-0.1, -0.05) is 17.7 Å². The van der Waals surface area contributed by atoms with Gasteiger partial charge in [0, 0.05) is 16.7 Å². The highest BCUT2D eigenvalue weighted by Gasteiger charge is 2.16. The fourth-order valence-corrected chi connectivity index (χ4v) is 3.28. The van der Waals surface area contributed by atoms with Gasteiger partial charge in [-0.15, -0.1) is 11.3 Å². The minimum Gasteiger partial charge on any atom is -0.497 e. The van der Waals surface area contributed by atoms with Crippen LogP contribution in [0.3, 0.4) is 0 Å². The van der Waals surface area contributed by atoms with Gasteiger partial charge in [-0.05, 0) is 47.8 Å². The average molecular weight is 368 g/mol. The van der Waals surface area contributed by atoms with Gasteiger partial charge in [-0.2, -0.15) is 0 Å². The summed E-state index contributed by atoms with van der Waals surface area (Å²) in [5.74, 6) is 2.16. The van der Waals surface area contributed by atoms with Crippen molar-refractivity contribution >= 4 is 46.0 Å². The molecule has 4 nitrogen and oxygen atoms in total. The molecule has 0 unspecified atom stereocenters. The van der Waals surface area contributed by atoms with Crippen molar-refractivity contribution in [2.24, 2.45) is 9.98 Å². The number of nitrogens with zero attached hydrogens (tertiary/aromatic N) is 2. The molecule has 0 amide bonds. The summed E-state index contributed by atoms with van der Waals surface area (Å²) >= 11 is 7.62. The Labute approximate surface area is 154 Å². The number of hydrogen-bond donors (Lipinski definition) is 1. The summed E-state index contributed by atoms with van der Waals surface area (Å²) in [5.41, 5.74) is 2.60. The van der Waals surface area contributed by atoms with Gasteiger partial charge in [0.15, 0.2) is 5.84 Å². The Balaban J connectivity index is 1.86. The third-order valence-electron chi connectivity index (χ3n) is 3.76. The zero-order valence-electron chi connectivity index (χ0n) is 13.4. The Kier molecular flexibility index (Phi) is 4.26. The molecule has 3 aromatic rings. The van der Waals surface area contributed by atoms with Crippen molar-refractivity contribution in [1.82, 2.24) is 0 Å². The van der Waals surface area contributed by atoms with Crippen LogP contribution in [0, 0.1) is 0 Å². The second-order valence-electron chi connectivity index (χ2n) is 5.39. The fourth-order valence-electron chi connectivity index (χ4n) is 2.50. The van der Waals surface area contributed by atoms with Gasteiger partial charge in [0.25, 0.3) is 0 Å². The average Bonchev–Trinajstić information content (AvgIpc) is 3.10. The van der Waals surface area contributed by atoms with E-state index in [1.165, 1.54) is 0 Å². The molecule has 2 aromatic carbocycles. The van der Waals surface area contributed by atoms with E-state index in [1.807, 2.05) is 60.0 Å². The topological polar surface area (TPSA) is 46.0 Å². The molecule has 2 heterocycles. The van der Waals surface area contributed by atoms with Crippen LogP contribution < -0.4 is 10.1 Å². The lowest BCUT2D eigenvalue weighted by molar-refractivity contribution is 0.415. The van der Waals surface area contributed by atoms with E-state index < -0.39 is 0 Å². The Hall–Kier alpha value is -2.63. The van der Waals surface area contributed by atoms with E-state index in [4.69, 9.17) is 26.3 Å². The Morgan fingerprint density at radius 3 is 2.60 bits per heavy atom. The van der Waals surface area contributed by atoms with Crippen LogP contribution in [0.4, 0.5) is 11.4 Å². The highest BCUT2D eigenvalue weighted by molar-refractivity contribution is 7.12. The van der Waals surface area contributed by atoms with Crippen LogP contribution in [-0.2, 0) is 0 Å². The van der Waals surface area contributed by atoms with Crippen LogP contribution in [-0.4, -0.2) is 18.8 Å². The Morgan fingerprint density at radius 1 is 1.04 bits per heavy atom. The number of methoxy groups -OCH3 is 1. The maximum atomic E-state index is 6.01. The van der Waals surface area contributed by atoms with Crippen molar-refractivity contribution in [2.75, 3.05) is 12.4 Å². The van der Waals surface area contributed by atoms with Gasteiger partial charge in [0.05, 0.1) is 23.4 Å². The Bertz CT molecular complexity index is 963. The second-order valence-corrected chi connectivity index (χ2v) is 6.77. The van der Waals surface area contributed by atoms with Gasteiger partial charge in [-0.3, -0.25) is 0 Å². The molecule has 0 aliphatic carbocycles. The lowest BCUT2D eigenvalue weighted by atomic mass is 10.2. The van der Waals surface area contributed by atoms with Gasteiger partial charge >= 0.3 is 0 Å². The first-order valence-electron chi connectivity index (χ1n) is 7.65. The number of hydrogen-bond acceptors (Lipinski definition) is 5. The quantitative estimate of drug-likeness (QED) is 0.677. The summed E-state index contributed by atoms with van der Waals surface area (Å²) in [6.07, 6.45) is 0. The molecule has 0 fully saturated rings. The first kappa shape index (κ1) is 15.9. The molecule has 0 radical (unpaired) electrons. The molecule has 124 valence electrons. The third kappa shape index (κ3) is 3.29. The SMILES string of the molecule is COc1ccc2c(c1)NC(c1ccc(Cl)cc1)=NC(c1cccs1)=N2.